The predicted molar refractivity (Wildman–Crippen MR) is 109 cm³/mol. The highest BCUT2D eigenvalue weighted by Crippen LogP contribution is 2.25. The number of carbonyl (C=O) groups is 2. The minimum Gasteiger partial charge on any atom is -0.452 e. The van der Waals surface area contributed by atoms with Crippen LogP contribution in [0.15, 0.2) is 54.7 Å². The second kappa shape index (κ2) is 9.80. The summed E-state index contributed by atoms with van der Waals surface area (Å²) in [6.07, 6.45) is 1.51. The van der Waals surface area contributed by atoms with Gasteiger partial charge in [0.1, 0.15) is 17.1 Å². The lowest BCUT2D eigenvalue weighted by molar-refractivity contribution is -0.124. The van der Waals surface area contributed by atoms with Gasteiger partial charge < -0.3 is 14.8 Å². The van der Waals surface area contributed by atoms with Crippen molar-refractivity contribution >= 4 is 11.9 Å². The predicted octanol–water partition coefficient (Wildman–Crippen LogP) is 2.91. The van der Waals surface area contributed by atoms with Crippen LogP contribution in [0.25, 0.3) is 16.9 Å². The van der Waals surface area contributed by atoms with Crippen LogP contribution in [-0.4, -0.2) is 48.5 Å². The molecule has 1 amide bonds. The largest absolute Gasteiger partial charge is 0.452 e. The third-order valence-electron chi connectivity index (χ3n) is 4.31. The van der Waals surface area contributed by atoms with E-state index in [1.165, 1.54) is 30.1 Å². The highest BCUT2D eigenvalue weighted by Gasteiger charge is 2.21. The van der Waals surface area contributed by atoms with E-state index in [2.05, 4.69) is 10.4 Å². The first-order chi connectivity index (χ1) is 14.5. The van der Waals surface area contributed by atoms with E-state index < -0.39 is 18.5 Å². The van der Waals surface area contributed by atoms with Gasteiger partial charge in [0.05, 0.1) is 12.3 Å². The normalized spacial score (nSPS) is 10.6. The molecule has 0 aliphatic rings. The van der Waals surface area contributed by atoms with Gasteiger partial charge in [0.15, 0.2) is 6.61 Å². The smallest absolute Gasteiger partial charge is 0.342 e. The molecule has 0 aliphatic heterocycles. The Bertz CT molecular complexity index is 1010. The van der Waals surface area contributed by atoms with E-state index in [1.807, 2.05) is 31.2 Å². The number of carbonyl (C=O) groups excluding carboxylic acids is 2. The van der Waals surface area contributed by atoms with Gasteiger partial charge in [-0.05, 0) is 31.2 Å². The van der Waals surface area contributed by atoms with E-state index >= 15 is 0 Å². The zero-order chi connectivity index (χ0) is 21.5. The number of esters is 1. The Labute approximate surface area is 173 Å². The van der Waals surface area contributed by atoms with Crippen LogP contribution in [0.5, 0.6) is 0 Å². The summed E-state index contributed by atoms with van der Waals surface area (Å²) < 4.78 is 24.8. The first-order valence-electron chi connectivity index (χ1n) is 9.33. The maximum absolute atomic E-state index is 13.3. The van der Waals surface area contributed by atoms with Crippen LogP contribution in [0.4, 0.5) is 4.39 Å². The van der Waals surface area contributed by atoms with E-state index in [0.717, 1.165) is 11.1 Å². The molecular formula is C22H22FN3O4. The molecule has 1 aromatic heterocycles. The number of nitrogens with one attached hydrogen (secondary N) is 1. The summed E-state index contributed by atoms with van der Waals surface area (Å²) in [7, 11) is 1.53. The number of aromatic nitrogens is 2. The fourth-order valence-electron chi connectivity index (χ4n) is 2.73. The van der Waals surface area contributed by atoms with Crippen molar-refractivity contribution in [2.75, 3.05) is 26.9 Å². The Morgan fingerprint density at radius 2 is 1.80 bits per heavy atom. The van der Waals surface area contributed by atoms with Crippen LogP contribution in [0, 0.1) is 12.7 Å². The topological polar surface area (TPSA) is 82.5 Å². The van der Waals surface area contributed by atoms with Gasteiger partial charge in [0.2, 0.25) is 0 Å². The van der Waals surface area contributed by atoms with Gasteiger partial charge in [0.25, 0.3) is 5.91 Å². The van der Waals surface area contributed by atoms with Crippen LogP contribution in [0.2, 0.25) is 0 Å². The molecule has 0 bridgehead atoms. The third-order valence-corrected chi connectivity index (χ3v) is 4.31. The Morgan fingerprint density at radius 3 is 2.47 bits per heavy atom. The van der Waals surface area contributed by atoms with Gasteiger partial charge in [-0.2, -0.15) is 5.10 Å². The molecule has 30 heavy (non-hydrogen) atoms. The summed E-state index contributed by atoms with van der Waals surface area (Å²) in [4.78, 5) is 24.5. The second-order valence-electron chi connectivity index (χ2n) is 6.60. The average Bonchev–Trinajstić information content (AvgIpc) is 3.19. The zero-order valence-electron chi connectivity index (χ0n) is 16.7. The quantitative estimate of drug-likeness (QED) is 0.455. The van der Waals surface area contributed by atoms with Gasteiger partial charge in [-0.1, -0.05) is 29.8 Å². The summed E-state index contributed by atoms with van der Waals surface area (Å²) in [5, 5.41) is 7.08. The van der Waals surface area contributed by atoms with Gasteiger partial charge in [0, 0.05) is 25.4 Å². The van der Waals surface area contributed by atoms with Crippen molar-refractivity contribution in [3.05, 3.63) is 71.7 Å². The number of ether oxygens (including phenoxy) is 2. The molecule has 0 atom stereocenters. The number of hydrogen-bond acceptors (Lipinski definition) is 5. The third kappa shape index (κ3) is 5.30. The SMILES string of the molecule is COCCNC(=O)COC(=O)c1cn(-c2ccc(F)cc2)nc1-c1ccc(C)cc1. The van der Waals surface area contributed by atoms with Gasteiger partial charge in [-0.15, -0.1) is 0 Å². The lowest BCUT2D eigenvalue weighted by atomic mass is 10.1. The molecule has 7 nitrogen and oxygen atoms in total. The number of amides is 1. The molecule has 0 saturated carbocycles. The first-order valence-corrected chi connectivity index (χ1v) is 9.33. The van der Waals surface area contributed by atoms with E-state index in [9.17, 15) is 14.0 Å². The van der Waals surface area contributed by atoms with Crippen LogP contribution in [0.1, 0.15) is 15.9 Å². The second-order valence-corrected chi connectivity index (χ2v) is 6.60. The Hall–Kier alpha value is -3.52. The Balaban J connectivity index is 1.85. The van der Waals surface area contributed by atoms with Crippen LogP contribution < -0.4 is 5.32 Å². The van der Waals surface area contributed by atoms with Gasteiger partial charge in [-0.3, -0.25) is 4.79 Å². The average molecular weight is 411 g/mol. The monoisotopic (exact) mass is 411 g/mol. The highest BCUT2D eigenvalue weighted by atomic mass is 19.1. The molecule has 0 spiro atoms. The summed E-state index contributed by atoms with van der Waals surface area (Å²) in [5.74, 6) is -1.48. The first kappa shape index (κ1) is 21.2. The highest BCUT2D eigenvalue weighted by molar-refractivity contribution is 5.97. The summed E-state index contributed by atoms with van der Waals surface area (Å²) in [6.45, 7) is 2.22. The minimum absolute atomic E-state index is 0.202. The number of aryl methyl sites for hydroxylation is 1. The molecule has 0 unspecified atom stereocenters. The standard InChI is InChI=1S/C22H22FN3O4/c1-15-3-5-16(6-4-15)21-19(22(28)30-14-20(27)24-11-12-29-2)13-26(25-21)18-9-7-17(23)8-10-18/h3-10,13H,11-12,14H2,1-2H3,(H,24,27). The van der Waals surface area contributed by atoms with Crippen molar-refractivity contribution in [3.8, 4) is 16.9 Å². The van der Waals surface area contributed by atoms with Crippen molar-refractivity contribution < 1.29 is 23.5 Å². The zero-order valence-corrected chi connectivity index (χ0v) is 16.7. The van der Waals surface area contributed by atoms with Crippen molar-refractivity contribution in [2.45, 2.75) is 6.92 Å². The molecule has 8 heteroatoms. The fraction of sp³-hybridized carbons (Fsp3) is 0.227. The van der Waals surface area contributed by atoms with Crippen molar-refractivity contribution in [2.24, 2.45) is 0 Å². The molecule has 3 rings (SSSR count). The maximum Gasteiger partial charge on any atom is 0.342 e. The van der Waals surface area contributed by atoms with Gasteiger partial charge in [-0.25, -0.2) is 13.9 Å². The van der Waals surface area contributed by atoms with E-state index in [4.69, 9.17) is 9.47 Å². The summed E-state index contributed by atoms with van der Waals surface area (Å²) in [5.41, 5.74) is 2.98. The van der Waals surface area contributed by atoms with E-state index in [0.29, 0.717) is 24.5 Å². The van der Waals surface area contributed by atoms with E-state index in [-0.39, 0.29) is 11.4 Å². The molecule has 156 valence electrons. The number of methoxy groups -OCH3 is 1. The lowest BCUT2D eigenvalue weighted by Gasteiger charge is -2.06. The molecule has 0 fully saturated rings. The maximum atomic E-state index is 13.3. The van der Waals surface area contributed by atoms with Crippen molar-refractivity contribution in [3.63, 3.8) is 0 Å². The minimum atomic E-state index is -0.680. The molecule has 0 saturated heterocycles. The molecule has 1 N–H and O–H groups in total. The molecular weight excluding hydrogens is 389 g/mol. The number of halogens is 1. The molecule has 0 aliphatic carbocycles. The summed E-state index contributed by atoms with van der Waals surface area (Å²) >= 11 is 0. The number of rotatable bonds is 8. The van der Waals surface area contributed by atoms with Gasteiger partial charge >= 0.3 is 5.97 Å². The number of benzene rings is 2. The molecule has 1 heterocycles. The van der Waals surface area contributed by atoms with E-state index in [1.54, 1.807) is 12.1 Å². The molecule has 2 aromatic carbocycles. The Kier molecular flexibility index (Phi) is 6.92. The van der Waals surface area contributed by atoms with Crippen molar-refractivity contribution in [1.29, 1.82) is 0 Å². The van der Waals surface area contributed by atoms with Crippen LogP contribution in [0.3, 0.4) is 0 Å². The Morgan fingerprint density at radius 1 is 1.10 bits per heavy atom. The van der Waals surface area contributed by atoms with Crippen LogP contribution in [-0.2, 0) is 14.3 Å². The number of nitrogens with zero attached hydrogens (tertiary/aromatic N) is 2. The number of hydrogen-bond donors (Lipinski definition) is 1. The lowest BCUT2D eigenvalue weighted by Crippen LogP contribution is -2.31. The summed E-state index contributed by atoms with van der Waals surface area (Å²) in [6, 6.07) is 13.2. The van der Waals surface area contributed by atoms with Crippen molar-refractivity contribution in [1.82, 2.24) is 15.1 Å². The fourth-order valence-corrected chi connectivity index (χ4v) is 2.73. The van der Waals surface area contributed by atoms with Crippen LogP contribution >= 0.6 is 0 Å². The molecule has 0 radical (unpaired) electrons. The molecule has 3 aromatic rings.